The van der Waals surface area contributed by atoms with E-state index in [4.69, 9.17) is 10.00 Å². The second-order valence-corrected chi connectivity index (χ2v) is 10.3. The first-order chi connectivity index (χ1) is 13.8. The molecule has 8 atom stereocenters. The number of nitrogens with zero attached hydrogens (tertiary/aromatic N) is 2. The lowest BCUT2D eigenvalue weighted by Crippen LogP contribution is -2.56. The van der Waals surface area contributed by atoms with E-state index in [1.807, 2.05) is 6.07 Å². The Hall–Kier alpha value is -1.85. The SMILES string of the molecule is CC12CCC3C(CCC4CC(O)C(OC(=O)CC#N)CC43C)C1CCC2=CC#N. The van der Waals surface area contributed by atoms with Gasteiger partial charge in [0.25, 0.3) is 0 Å². The fourth-order valence-corrected chi connectivity index (χ4v) is 7.81. The fourth-order valence-electron chi connectivity index (χ4n) is 7.81. The normalized spacial score (nSPS) is 47.3. The zero-order chi connectivity index (χ0) is 20.8. The zero-order valence-electron chi connectivity index (χ0n) is 17.6. The maximum absolute atomic E-state index is 11.9. The zero-order valence-corrected chi connectivity index (χ0v) is 17.6. The van der Waals surface area contributed by atoms with E-state index in [0.29, 0.717) is 36.5 Å². The molecule has 0 aromatic rings. The summed E-state index contributed by atoms with van der Waals surface area (Å²) in [6.07, 6.45) is 8.61. The maximum Gasteiger partial charge on any atom is 0.320 e. The minimum Gasteiger partial charge on any atom is -0.459 e. The highest BCUT2D eigenvalue weighted by Gasteiger charge is 2.60. The van der Waals surface area contributed by atoms with Gasteiger partial charge in [0.15, 0.2) is 0 Å². The largest absolute Gasteiger partial charge is 0.459 e. The van der Waals surface area contributed by atoms with Crippen molar-refractivity contribution in [1.82, 2.24) is 0 Å². The average Bonchev–Trinajstić information content (AvgIpc) is 3.00. The van der Waals surface area contributed by atoms with Gasteiger partial charge in [-0.25, -0.2) is 0 Å². The van der Waals surface area contributed by atoms with Gasteiger partial charge in [0.05, 0.1) is 18.2 Å². The molecule has 0 aromatic heterocycles. The van der Waals surface area contributed by atoms with E-state index < -0.39 is 18.2 Å². The van der Waals surface area contributed by atoms with E-state index in [2.05, 4.69) is 19.9 Å². The number of esters is 1. The summed E-state index contributed by atoms with van der Waals surface area (Å²) in [6, 6.07) is 4.11. The molecule has 1 N–H and O–H groups in total. The number of aliphatic hydroxyl groups excluding tert-OH is 1. The molecule has 0 spiro atoms. The summed E-state index contributed by atoms with van der Waals surface area (Å²) < 4.78 is 5.54. The molecule has 0 radical (unpaired) electrons. The van der Waals surface area contributed by atoms with Crippen LogP contribution in [-0.2, 0) is 9.53 Å². The van der Waals surface area contributed by atoms with Crippen LogP contribution >= 0.6 is 0 Å². The van der Waals surface area contributed by atoms with Crippen molar-refractivity contribution in [1.29, 1.82) is 10.5 Å². The molecule has 5 nitrogen and oxygen atoms in total. The highest BCUT2D eigenvalue weighted by atomic mass is 16.6. The molecule has 5 heteroatoms. The van der Waals surface area contributed by atoms with Crippen molar-refractivity contribution < 1.29 is 14.6 Å². The number of nitriles is 2. The molecule has 4 saturated carbocycles. The van der Waals surface area contributed by atoms with Gasteiger partial charge >= 0.3 is 5.97 Å². The van der Waals surface area contributed by atoms with Crippen LogP contribution in [0.25, 0.3) is 0 Å². The molecule has 4 aliphatic rings. The van der Waals surface area contributed by atoms with Crippen LogP contribution in [0.1, 0.15) is 71.6 Å². The Balaban J connectivity index is 1.57. The molecule has 0 aliphatic heterocycles. The van der Waals surface area contributed by atoms with Crippen molar-refractivity contribution in [3.8, 4) is 12.1 Å². The highest BCUT2D eigenvalue weighted by Crippen LogP contribution is 2.67. The van der Waals surface area contributed by atoms with Gasteiger partial charge in [0.1, 0.15) is 12.5 Å². The Morgan fingerprint density at radius 3 is 2.76 bits per heavy atom. The third kappa shape index (κ3) is 3.19. The minimum atomic E-state index is -0.627. The molecule has 8 unspecified atom stereocenters. The Labute approximate surface area is 173 Å². The topological polar surface area (TPSA) is 94.1 Å². The van der Waals surface area contributed by atoms with Gasteiger partial charge in [-0.1, -0.05) is 19.4 Å². The quantitative estimate of drug-likeness (QED) is 0.555. The van der Waals surface area contributed by atoms with Gasteiger partial charge in [0.2, 0.25) is 0 Å². The number of hydrogen-bond donors (Lipinski definition) is 1. The summed E-state index contributed by atoms with van der Waals surface area (Å²) in [5.41, 5.74) is 1.56. The Morgan fingerprint density at radius 1 is 1.24 bits per heavy atom. The van der Waals surface area contributed by atoms with Crippen LogP contribution in [0.15, 0.2) is 11.6 Å². The molecular formula is C24H32N2O3. The molecule has 0 bridgehead atoms. The first-order valence-electron chi connectivity index (χ1n) is 11.2. The summed E-state index contributed by atoms with van der Waals surface area (Å²) in [4.78, 5) is 11.9. The Kier molecular flexibility index (Phi) is 5.24. The number of carbonyl (C=O) groups is 1. The van der Waals surface area contributed by atoms with Crippen molar-refractivity contribution in [3.63, 3.8) is 0 Å². The number of aliphatic hydroxyl groups is 1. The highest BCUT2D eigenvalue weighted by molar-refractivity contribution is 5.72. The van der Waals surface area contributed by atoms with Crippen LogP contribution in [0.3, 0.4) is 0 Å². The van der Waals surface area contributed by atoms with Gasteiger partial charge in [-0.2, -0.15) is 10.5 Å². The minimum absolute atomic E-state index is 0.0583. The van der Waals surface area contributed by atoms with Crippen LogP contribution in [0.4, 0.5) is 0 Å². The summed E-state index contributed by atoms with van der Waals surface area (Å²) in [6.45, 7) is 4.73. The van der Waals surface area contributed by atoms with E-state index >= 15 is 0 Å². The van der Waals surface area contributed by atoms with E-state index in [1.165, 1.54) is 18.4 Å². The predicted molar refractivity (Wildman–Crippen MR) is 107 cm³/mol. The molecule has 0 heterocycles. The van der Waals surface area contributed by atoms with Crippen molar-refractivity contribution in [2.45, 2.75) is 83.8 Å². The second kappa shape index (κ2) is 7.44. The summed E-state index contributed by atoms with van der Waals surface area (Å²) >= 11 is 0. The van der Waals surface area contributed by atoms with E-state index in [1.54, 1.807) is 6.08 Å². The molecule has 0 amide bonds. The summed E-state index contributed by atoms with van der Waals surface area (Å²) in [7, 11) is 0. The van der Waals surface area contributed by atoms with E-state index in [0.717, 1.165) is 25.7 Å². The van der Waals surface area contributed by atoms with Crippen LogP contribution < -0.4 is 0 Å². The summed E-state index contributed by atoms with van der Waals surface area (Å²) in [5, 5.41) is 28.6. The van der Waals surface area contributed by atoms with Gasteiger partial charge in [0, 0.05) is 6.08 Å². The van der Waals surface area contributed by atoms with Gasteiger partial charge < -0.3 is 9.84 Å². The van der Waals surface area contributed by atoms with Crippen molar-refractivity contribution >= 4 is 5.97 Å². The first-order valence-corrected chi connectivity index (χ1v) is 11.2. The maximum atomic E-state index is 11.9. The monoisotopic (exact) mass is 396 g/mol. The van der Waals surface area contributed by atoms with E-state index in [-0.39, 0.29) is 17.3 Å². The number of fused-ring (bicyclic) bond motifs is 5. The second-order valence-electron chi connectivity index (χ2n) is 10.3. The van der Waals surface area contributed by atoms with E-state index in [9.17, 15) is 15.2 Å². The predicted octanol–water partition coefficient (Wildman–Crippen LogP) is 4.28. The van der Waals surface area contributed by atoms with Crippen molar-refractivity contribution in [3.05, 3.63) is 11.6 Å². The fraction of sp³-hybridized carbons (Fsp3) is 0.792. The molecule has 0 aromatic carbocycles. The standard InChI is InChI=1S/C24H32N2O3/c1-23-10-7-19-17(18(23)6-4-15(23)8-11-25)5-3-16-13-20(27)21(14-24(16,19)2)29-22(28)9-12-26/h8,16-21,27H,3-7,9-10,13-14H2,1-2H3. The summed E-state index contributed by atoms with van der Waals surface area (Å²) in [5.74, 6) is 1.79. The number of rotatable bonds is 2. The van der Waals surface area contributed by atoms with Crippen LogP contribution in [0, 0.1) is 57.2 Å². The smallest absolute Gasteiger partial charge is 0.320 e. The average molecular weight is 397 g/mol. The Morgan fingerprint density at radius 2 is 2.03 bits per heavy atom. The Bertz CT molecular complexity index is 793. The third-order valence-corrected chi connectivity index (χ3v) is 9.25. The van der Waals surface area contributed by atoms with Crippen molar-refractivity contribution in [2.24, 2.45) is 34.5 Å². The van der Waals surface area contributed by atoms with Gasteiger partial charge in [-0.3, -0.25) is 4.79 Å². The lowest BCUT2D eigenvalue weighted by molar-refractivity contribution is -0.181. The lowest BCUT2D eigenvalue weighted by Gasteiger charge is -2.61. The molecule has 156 valence electrons. The molecule has 0 saturated heterocycles. The molecular weight excluding hydrogens is 364 g/mol. The molecule has 4 aliphatic carbocycles. The van der Waals surface area contributed by atoms with Gasteiger partial charge in [-0.15, -0.1) is 0 Å². The van der Waals surface area contributed by atoms with Gasteiger partial charge in [-0.05, 0) is 85.9 Å². The first kappa shape index (κ1) is 20.4. The number of ether oxygens (including phenoxy) is 1. The number of carbonyl (C=O) groups excluding carboxylic acids is 1. The van der Waals surface area contributed by atoms with Crippen LogP contribution in [0.2, 0.25) is 0 Å². The number of hydrogen-bond acceptors (Lipinski definition) is 5. The number of allylic oxidation sites excluding steroid dienone is 2. The van der Waals surface area contributed by atoms with Crippen molar-refractivity contribution in [2.75, 3.05) is 0 Å². The molecule has 4 fully saturated rings. The molecule has 29 heavy (non-hydrogen) atoms. The molecule has 4 rings (SSSR count). The van der Waals surface area contributed by atoms with Crippen LogP contribution in [0.5, 0.6) is 0 Å². The lowest BCUT2D eigenvalue weighted by atomic mass is 9.44. The van der Waals surface area contributed by atoms with Crippen LogP contribution in [-0.4, -0.2) is 23.3 Å². The third-order valence-electron chi connectivity index (χ3n) is 9.25.